The normalized spacial score (nSPS) is 14.6. The molecule has 0 aliphatic carbocycles. The molecule has 0 bridgehead atoms. The van der Waals surface area contributed by atoms with E-state index in [4.69, 9.17) is 9.47 Å². The summed E-state index contributed by atoms with van der Waals surface area (Å²) in [6.45, 7) is 5.59. The lowest BCUT2D eigenvalue weighted by Crippen LogP contribution is -2.39. The third-order valence-electron chi connectivity index (χ3n) is 4.99. The van der Waals surface area contributed by atoms with Gasteiger partial charge in [0, 0.05) is 32.4 Å². The highest BCUT2D eigenvalue weighted by Gasteiger charge is 2.20. The highest BCUT2D eigenvalue weighted by Crippen LogP contribution is 2.16. The predicted octanol–water partition coefficient (Wildman–Crippen LogP) is 1.28. The van der Waals surface area contributed by atoms with Crippen molar-refractivity contribution >= 4 is 23.3 Å². The Bertz CT molecular complexity index is 1180. The van der Waals surface area contributed by atoms with Gasteiger partial charge in [0.1, 0.15) is 11.9 Å². The quantitative estimate of drug-likeness (QED) is 0.622. The monoisotopic (exact) mass is 397 g/mol. The average Bonchev–Trinajstić information content (AvgIpc) is 3.01. The SMILES string of the molecule is CCn1c(=O)c2c(nc(C=Cc3ccc(OC4COC4)nc3)n2C)n(CC)c1=O. The first-order valence-electron chi connectivity index (χ1n) is 9.62. The van der Waals surface area contributed by atoms with Gasteiger partial charge >= 0.3 is 5.69 Å². The van der Waals surface area contributed by atoms with E-state index in [1.807, 2.05) is 25.1 Å². The van der Waals surface area contributed by atoms with E-state index in [0.717, 1.165) is 5.56 Å². The summed E-state index contributed by atoms with van der Waals surface area (Å²) >= 11 is 0. The van der Waals surface area contributed by atoms with Gasteiger partial charge in [0.05, 0.1) is 13.2 Å². The van der Waals surface area contributed by atoms with Crippen molar-refractivity contribution in [2.75, 3.05) is 13.2 Å². The van der Waals surface area contributed by atoms with Crippen LogP contribution in [0.5, 0.6) is 5.88 Å². The zero-order valence-electron chi connectivity index (χ0n) is 16.7. The molecule has 152 valence electrons. The summed E-state index contributed by atoms with van der Waals surface area (Å²) in [5.41, 5.74) is 1.03. The van der Waals surface area contributed by atoms with Gasteiger partial charge in [-0.15, -0.1) is 0 Å². The molecule has 0 N–H and O–H groups in total. The van der Waals surface area contributed by atoms with E-state index in [9.17, 15) is 9.59 Å². The summed E-state index contributed by atoms with van der Waals surface area (Å²) in [5, 5.41) is 0. The third-order valence-corrected chi connectivity index (χ3v) is 4.99. The topological polar surface area (TPSA) is 93.2 Å². The Hall–Kier alpha value is -3.20. The van der Waals surface area contributed by atoms with Crippen LogP contribution in [0.3, 0.4) is 0 Å². The number of aromatic nitrogens is 5. The molecule has 9 heteroatoms. The molecule has 0 spiro atoms. The third kappa shape index (κ3) is 3.38. The minimum Gasteiger partial charge on any atom is -0.469 e. The van der Waals surface area contributed by atoms with E-state index in [0.29, 0.717) is 49.2 Å². The number of pyridine rings is 1. The molecule has 29 heavy (non-hydrogen) atoms. The molecule has 0 radical (unpaired) electrons. The Balaban J connectivity index is 1.67. The fourth-order valence-corrected chi connectivity index (χ4v) is 3.28. The maximum atomic E-state index is 12.7. The van der Waals surface area contributed by atoms with Crippen LogP contribution in [0.15, 0.2) is 27.9 Å². The number of nitrogens with zero attached hydrogens (tertiary/aromatic N) is 5. The second kappa shape index (κ2) is 7.67. The van der Waals surface area contributed by atoms with E-state index in [1.54, 1.807) is 30.8 Å². The molecule has 9 nitrogen and oxygen atoms in total. The van der Waals surface area contributed by atoms with Gasteiger partial charge in [-0.25, -0.2) is 14.8 Å². The van der Waals surface area contributed by atoms with Crippen molar-refractivity contribution in [1.82, 2.24) is 23.7 Å². The summed E-state index contributed by atoms with van der Waals surface area (Å²) in [6, 6.07) is 3.70. The first-order valence-corrected chi connectivity index (χ1v) is 9.62. The number of rotatable bonds is 6. The van der Waals surface area contributed by atoms with Crippen LogP contribution in [0.4, 0.5) is 0 Å². The van der Waals surface area contributed by atoms with Crippen molar-refractivity contribution in [2.45, 2.75) is 33.0 Å². The van der Waals surface area contributed by atoms with E-state index in [2.05, 4.69) is 9.97 Å². The number of ether oxygens (including phenoxy) is 2. The molecule has 1 aliphatic rings. The minimum absolute atomic E-state index is 0.0761. The second-order valence-electron chi connectivity index (χ2n) is 6.82. The first kappa shape index (κ1) is 19.1. The molecule has 3 aromatic heterocycles. The van der Waals surface area contributed by atoms with Crippen LogP contribution >= 0.6 is 0 Å². The van der Waals surface area contributed by atoms with Crippen LogP contribution in [-0.2, 0) is 24.9 Å². The molecule has 0 aromatic carbocycles. The molecule has 0 saturated carbocycles. The smallest absolute Gasteiger partial charge is 0.332 e. The van der Waals surface area contributed by atoms with Crippen molar-refractivity contribution in [2.24, 2.45) is 7.05 Å². The lowest BCUT2D eigenvalue weighted by Gasteiger charge is -2.25. The summed E-state index contributed by atoms with van der Waals surface area (Å²) in [7, 11) is 1.77. The minimum atomic E-state index is -0.335. The van der Waals surface area contributed by atoms with Gasteiger partial charge in [0.15, 0.2) is 11.2 Å². The molecule has 4 heterocycles. The maximum Gasteiger partial charge on any atom is 0.332 e. The second-order valence-corrected chi connectivity index (χ2v) is 6.82. The predicted molar refractivity (Wildman–Crippen MR) is 109 cm³/mol. The number of hydrogen-bond acceptors (Lipinski definition) is 6. The van der Waals surface area contributed by atoms with Crippen molar-refractivity contribution in [3.63, 3.8) is 0 Å². The van der Waals surface area contributed by atoms with Crippen molar-refractivity contribution in [3.8, 4) is 5.88 Å². The lowest BCUT2D eigenvalue weighted by atomic mass is 10.2. The Kier molecular flexibility index (Phi) is 5.06. The molecule has 0 atom stereocenters. The molecular formula is C20H23N5O4. The molecule has 0 amide bonds. The highest BCUT2D eigenvalue weighted by atomic mass is 16.6. The van der Waals surface area contributed by atoms with Crippen LogP contribution < -0.4 is 16.0 Å². The molecule has 1 aliphatic heterocycles. The Morgan fingerprint density at radius 1 is 1.17 bits per heavy atom. The molecule has 3 aromatic rings. The maximum absolute atomic E-state index is 12.7. The fourth-order valence-electron chi connectivity index (χ4n) is 3.28. The molecule has 1 saturated heterocycles. The molecule has 4 rings (SSSR count). The highest BCUT2D eigenvalue weighted by molar-refractivity contribution is 5.76. The van der Waals surface area contributed by atoms with Crippen molar-refractivity contribution < 1.29 is 9.47 Å². The lowest BCUT2D eigenvalue weighted by molar-refractivity contribution is -0.0813. The number of hydrogen-bond donors (Lipinski definition) is 0. The van der Waals surface area contributed by atoms with Crippen molar-refractivity contribution in [3.05, 3.63) is 50.6 Å². The molecular weight excluding hydrogens is 374 g/mol. The van der Waals surface area contributed by atoms with Crippen LogP contribution in [0.1, 0.15) is 25.2 Å². The largest absolute Gasteiger partial charge is 0.469 e. The van der Waals surface area contributed by atoms with Gasteiger partial charge in [-0.2, -0.15) is 0 Å². The zero-order valence-corrected chi connectivity index (χ0v) is 16.7. The Morgan fingerprint density at radius 3 is 2.52 bits per heavy atom. The van der Waals surface area contributed by atoms with Gasteiger partial charge in [-0.3, -0.25) is 13.9 Å². The summed E-state index contributed by atoms with van der Waals surface area (Å²) < 4.78 is 15.2. The van der Waals surface area contributed by atoms with Crippen molar-refractivity contribution in [1.29, 1.82) is 0 Å². The first-order chi connectivity index (χ1) is 14.0. The van der Waals surface area contributed by atoms with Gasteiger partial charge in [0.25, 0.3) is 5.56 Å². The number of imidazole rings is 1. The summed E-state index contributed by atoms with van der Waals surface area (Å²) in [4.78, 5) is 34.1. The van der Waals surface area contributed by atoms with Gasteiger partial charge in [-0.1, -0.05) is 0 Å². The molecule has 0 unspecified atom stereocenters. The zero-order chi connectivity index (χ0) is 20.5. The average molecular weight is 397 g/mol. The van der Waals surface area contributed by atoms with E-state index < -0.39 is 0 Å². The fraction of sp³-hybridized carbons (Fsp3) is 0.400. The van der Waals surface area contributed by atoms with Gasteiger partial charge in [-0.05, 0) is 37.6 Å². The van der Waals surface area contributed by atoms with Gasteiger partial charge < -0.3 is 14.0 Å². The Morgan fingerprint density at radius 2 is 1.93 bits per heavy atom. The standard InChI is InChI=1S/C20H23N5O4/c1-4-24-18-17(19(26)25(5-2)20(24)27)23(3)15(22-18)8-6-13-7-9-16(21-10-13)29-14-11-28-12-14/h6-10,14H,4-5,11-12H2,1-3H3. The Labute approximate surface area is 166 Å². The number of aryl methyl sites for hydroxylation is 2. The number of fused-ring (bicyclic) bond motifs is 1. The molecule has 1 fully saturated rings. The van der Waals surface area contributed by atoms with Crippen LogP contribution in [0.25, 0.3) is 23.3 Å². The van der Waals surface area contributed by atoms with Crippen LogP contribution in [-0.4, -0.2) is 43.0 Å². The van der Waals surface area contributed by atoms with Gasteiger partial charge in [0.2, 0.25) is 5.88 Å². The van der Waals surface area contributed by atoms with Crippen LogP contribution in [0.2, 0.25) is 0 Å². The van der Waals surface area contributed by atoms with Crippen LogP contribution in [0, 0.1) is 0 Å². The van der Waals surface area contributed by atoms with E-state index in [-0.39, 0.29) is 17.4 Å². The van der Waals surface area contributed by atoms with E-state index >= 15 is 0 Å². The summed E-state index contributed by atoms with van der Waals surface area (Å²) in [5.74, 6) is 1.14. The van der Waals surface area contributed by atoms with E-state index in [1.165, 1.54) is 9.13 Å². The summed E-state index contributed by atoms with van der Waals surface area (Å²) in [6.07, 6.45) is 5.45.